The first kappa shape index (κ1) is 5.95. The van der Waals surface area contributed by atoms with Crippen molar-refractivity contribution in [3.63, 3.8) is 0 Å². The van der Waals surface area contributed by atoms with Crippen molar-refractivity contribution in [2.45, 2.75) is 18.8 Å². The van der Waals surface area contributed by atoms with Crippen molar-refractivity contribution in [1.82, 2.24) is 0 Å². The third kappa shape index (κ3) is 1.40. The van der Waals surface area contributed by atoms with Gasteiger partial charge in [-0.1, -0.05) is 12.1 Å². The van der Waals surface area contributed by atoms with Crippen molar-refractivity contribution in [2.24, 2.45) is 5.16 Å². The van der Waals surface area contributed by atoms with Gasteiger partial charge in [-0.05, 0) is 5.75 Å². The second-order valence-electron chi connectivity index (χ2n) is 1.51. The van der Waals surface area contributed by atoms with Crippen molar-refractivity contribution in [3.05, 3.63) is 0 Å². The molecular weight excluding hydrogens is 122 g/mol. The highest BCUT2D eigenvalue weighted by Crippen LogP contribution is 2.18. The molecule has 1 unspecified atom stereocenters. The van der Waals surface area contributed by atoms with Crippen LogP contribution >= 0.6 is 11.8 Å². The van der Waals surface area contributed by atoms with Gasteiger partial charge < -0.3 is 4.84 Å². The van der Waals surface area contributed by atoms with Crippen molar-refractivity contribution in [1.29, 1.82) is 0 Å². The summed E-state index contributed by atoms with van der Waals surface area (Å²) in [7, 11) is 0. The summed E-state index contributed by atoms with van der Waals surface area (Å²) in [4.78, 5) is 4.93. The fourth-order valence-corrected chi connectivity index (χ4v) is 1.27. The van der Waals surface area contributed by atoms with Gasteiger partial charge in [0, 0.05) is 12.6 Å². The summed E-state index contributed by atoms with van der Waals surface area (Å²) in [5.74, 6) is 1.11. The van der Waals surface area contributed by atoms with Gasteiger partial charge in [0.15, 0.2) is 5.44 Å². The SMILES string of the molecule is CCSC1CC=NO1. The van der Waals surface area contributed by atoms with Crippen LogP contribution in [-0.2, 0) is 4.84 Å². The highest BCUT2D eigenvalue weighted by atomic mass is 32.2. The van der Waals surface area contributed by atoms with Crippen LogP contribution in [-0.4, -0.2) is 17.4 Å². The number of hydrogen-bond acceptors (Lipinski definition) is 3. The number of nitrogens with zero attached hydrogens (tertiary/aromatic N) is 1. The largest absolute Gasteiger partial charge is 0.381 e. The monoisotopic (exact) mass is 131 g/mol. The Morgan fingerprint density at radius 2 is 2.88 bits per heavy atom. The van der Waals surface area contributed by atoms with E-state index in [4.69, 9.17) is 4.84 Å². The summed E-state index contributed by atoms with van der Waals surface area (Å²) >= 11 is 1.79. The van der Waals surface area contributed by atoms with Gasteiger partial charge >= 0.3 is 0 Å². The molecule has 0 radical (unpaired) electrons. The van der Waals surface area contributed by atoms with Gasteiger partial charge in [0.2, 0.25) is 0 Å². The highest BCUT2D eigenvalue weighted by molar-refractivity contribution is 7.99. The Bertz CT molecular complexity index is 86.4. The molecule has 0 spiro atoms. The molecule has 0 saturated heterocycles. The minimum absolute atomic E-state index is 0.306. The van der Waals surface area contributed by atoms with Gasteiger partial charge in [0.25, 0.3) is 0 Å². The molecule has 0 N–H and O–H groups in total. The molecule has 0 aliphatic carbocycles. The number of rotatable bonds is 2. The summed E-state index contributed by atoms with van der Waals surface area (Å²) in [5, 5.41) is 3.64. The van der Waals surface area contributed by atoms with Gasteiger partial charge in [0.1, 0.15) is 0 Å². The third-order valence-electron chi connectivity index (χ3n) is 0.903. The first-order valence-electron chi connectivity index (χ1n) is 2.72. The molecule has 0 bridgehead atoms. The molecule has 3 heteroatoms. The van der Waals surface area contributed by atoms with Crippen LogP contribution in [0.1, 0.15) is 13.3 Å². The van der Waals surface area contributed by atoms with Gasteiger partial charge in [-0.15, -0.1) is 11.8 Å². The molecule has 1 atom stereocenters. The lowest BCUT2D eigenvalue weighted by Gasteiger charge is -2.02. The zero-order valence-corrected chi connectivity index (χ0v) is 5.65. The molecule has 0 amide bonds. The summed E-state index contributed by atoms with van der Waals surface area (Å²) in [6, 6.07) is 0. The second kappa shape index (κ2) is 2.97. The van der Waals surface area contributed by atoms with E-state index >= 15 is 0 Å². The molecule has 0 aromatic heterocycles. The van der Waals surface area contributed by atoms with Crippen LogP contribution in [0, 0.1) is 0 Å². The van der Waals surface area contributed by atoms with Crippen molar-refractivity contribution < 1.29 is 4.84 Å². The van der Waals surface area contributed by atoms with E-state index in [9.17, 15) is 0 Å². The Labute approximate surface area is 53.3 Å². The maximum absolute atomic E-state index is 4.93. The Hall–Kier alpha value is -0.180. The maximum Gasteiger partial charge on any atom is 0.177 e. The average Bonchev–Trinajstić information content (AvgIpc) is 2.19. The van der Waals surface area contributed by atoms with E-state index in [1.807, 2.05) is 6.21 Å². The van der Waals surface area contributed by atoms with E-state index in [1.165, 1.54) is 0 Å². The quantitative estimate of drug-likeness (QED) is 0.566. The van der Waals surface area contributed by atoms with Crippen molar-refractivity contribution in [2.75, 3.05) is 5.75 Å². The molecule has 0 saturated carbocycles. The van der Waals surface area contributed by atoms with E-state index in [2.05, 4.69) is 12.1 Å². The predicted octanol–water partition coefficient (Wildman–Crippen LogP) is 1.47. The molecule has 46 valence electrons. The normalized spacial score (nSPS) is 25.9. The summed E-state index contributed by atoms with van der Waals surface area (Å²) in [5.41, 5.74) is 0.306. The molecule has 1 aliphatic heterocycles. The summed E-state index contributed by atoms with van der Waals surface area (Å²) in [6.07, 6.45) is 2.78. The summed E-state index contributed by atoms with van der Waals surface area (Å²) < 4.78 is 0. The smallest absolute Gasteiger partial charge is 0.177 e. The lowest BCUT2D eigenvalue weighted by atomic mass is 10.5. The molecule has 1 heterocycles. The minimum atomic E-state index is 0.306. The Kier molecular flexibility index (Phi) is 2.21. The van der Waals surface area contributed by atoms with E-state index in [0.29, 0.717) is 5.44 Å². The second-order valence-corrected chi connectivity index (χ2v) is 2.95. The van der Waals surface area contributed by atoms with Crippen LogP contribution in [0.5, 0.6) is 0 Å². The van der Waals surface area contributed by atoms with E-state index in [1.54, 1.807) is 11.8 Å². The molecule has 1 rings (SSSR count). The van der Waals surface area contributed by atoms with Crippen LogP contribution in [0.25, 0.3) is 0 Å². The Morgan fingerprint density at radius 3 is 3.38 bits per heavy atom. The van der Waals surface area contributed by atoms with Gasteiger partial charge in [0.05, 0.1) is 0 Å². The predicted molar refractivity (Wildman–Crippen MR) is 36.1 cm³/mol. The molecule has 0 aromatic carbocycles. The van der Waals surface area contributed by atoms with E-state index in [0.717, 1.165) is 12.2 Å². The Balaban J connectivity index is 2.10. The lowest BCUT2D eigenvalue weighted by molar-refractivity contribution is 0.148. The zero-order chi connectivity index (χ0) is 5.82. The fourth-order valence-electron chi connectivity index (χ4n) is 0.567. The van der Waals surface area contributed by atoms with Gasteiger partial charge in [-0.3, -0.25) is 0 Å². The van der Waals surface area contributed by atoms with Gasteiger partial charge in [-0.25, -0.2) is 0 Å². The van der Waals surface area contributed by atoms with E-state index in [-0.39, 0.29) is 0 Å². The molecule has 0 fully saturated rings. The van der Waals surface area contributed by atoms with Crippen LogP contribution < -0.4 is 0 Å². The molecule has 8 heavy (non-hydrogen) atoms. The lowest BCUT2D eigenvalue weighted by Crippen LogP contribution is -1.97. The fraction of sp³-hybridized carbons (Fsp3) is 0.800. The molecule has 1 aliphatic rings. The standard InChI is InChI=1S/C5H9NOS/c1-2-8-5-3-4-6-7-5/h4-5H,2-3H2,1H3. The summed E-state index contributed by atoms with van der Waals surface area (Å²) in [6.45, 7) is 2.12. The number of oxime groups is 1. The molecular formula is C5H9NOS. The van der Waals surface area contributed by atoms with Crippen LogP contribution in [0.4, 0.5) is 0 Å². The van der Waals surface area contributed by atoms with Crippen LogP contribution in [0.2, 0.25) is 0 Å². The highest BCUT2D eigenvalue weighted by Gasteiger charge is 2.10. The van der Waals surface area contributed by atoms with Crippen molar-refractivity contribution in [3.8, 4) is 0 Å². The first-order chi connectivity index (χ1) is 3.93. The Morgan fingerprint density at radius 1 is 2.00 bits per heavy atom. The number of thioether (sulfide) groups is 1. The van der Waals surface area contributed by atoms with Gasteiger partial charge in [-0.2, -0.15) is 0 Å². The zero-order valence-electron chi connectivity index (χ0n) is 4.83. The van der Waals surface area contributed by atoms with E-state index < -0.39 is 0 Å². The number of hydrogen-bond donors (Lipinski definition) is 0. The topological polar surface area (TPSA) is 21.6 Å². The molecule has 2 nitrogen and oxygen atoms in total. The third-order valence-corrected chi connectivity index (χ3v) is 1.89. The van der Waals surface area contributed by atoms with Crippen LogP contribution in [0.3, 0.4) is 0 Å². The minimum Gasteiger partial charge on any atom is -0.381 e. The van der Waals surface area contributed by atoms with Crippen LogP contribution in [0.15, 0.2) is 5.16 Å². The average molecular weight is 131 g/mol. The van der Waals surface area contributed by atoms with Crippen molar-refractivity contribution >= 4 is 18.0 Å². The first-order valence-corrected chi connectivity index (χ1v) is 3.77. The molecule has 0 aromatic rings. The maximum atomic E-state index is 4.93.